The van der Waals surface area contributed by atoms with Crippen molar-refractivity contribution < 1.29 is 4.74 Å². The Hall–Kier alpha value is -0.510. The van der Waals surface area contributed by atoms with Crippen molar-refractivity contribution >= 4 is 43.5 Å². The van der Waals surface area contributed by atoms with Crippen molar-refractivity contribution in [3.8, 4) is 5.75 Å². The molecule has 2 aromatic rings. The minimum atomic E-state index is -0.188. The molecule has 0 spiro atoms. The Balaban J connectivity index is 2.18. The summed E-state index contributed by atoms with van der Waals surface area (Å²) in [5.74, 6) is 0.852. The predicted octanol–water partition coefficient (Wildman–Crippen LogP) is 5.43. The van der Waals surface area contributed by atoms with Crippen molar-refractivity contribution in [3.63, 3.8) is 0 Å². The molecular weight excluding hydrogens is 379 g/mol. The summed E-state index contributed by atoms with van der Waals surface area (Å²) >= 11 is 13.6. The molecule has 3 rings (SSSR count). The van der Waals surface area contributed by atoms with Crippen LogP contribution >= 0.6 is 43.5 Å². The van der Waals surface area contributed by atoms with Gasteiger partial charge in [-0.25, -0.2) is 0 Å². The van der Waals surface area contributed by atoms with Crippen LogP contribution < -0.4 is 4.74 Å². The zero-order valence-corrected chi connectivity index (χ0v) is 13.2. The van der Waals surface area contributed by atoms with Crippen molar-refractivity contribution in [2.24, 2.45) is 0 Å². The van der Waals surface area contributed by atoms with Gasteiger partial charge < -0.3 is 4.74 Å². The molecule has 1 unspecified atom stereocenters. The summed E-state index contributed by atoms with van der Waals surface area (Å²) in [6, 6.07) is 12.1. The number of rotatable bonds is 0. The molecule has 0 bridgehead atoms. The highest BCUT2D eigenvalue weighted by molar-refractivity contribution is 9.10. The van der Waals surface area contributed by atoms with Gasteiger partial charge in [0.15, 0.2) is 0 Å². The lowest BCUT2D eigenvalue weighted by molar-refractivity contribution is 0.307. The maximum atomic E-state index is 6.60. The van der Waals surface area contributed by atoms with Crippen molar-refractivity contribution in [1.82, 2.24) is 0 Å². The maximum absolute atomic E-state index is 6.60. The summed E-state index contributed by atoms with van der Waals surface area (Å²) < 4.78 is 7.86. The van der Waals surface area contributed by atoms with Gasteiger partial charge in [-0.1, -0.05) is 37.9 Å². The highest BCUT2D eigenvalue weighted by Gasteiger charge is 2.23. The van der Waals surface area contributed by atoms with Gasteiger partial charge >= 0.3 is 0 Å². The average molecular weight is 388 g/mol. The lowest BCUT2D eigenvalue weighted by atomic mass is 10.0. The van der Waals surface area contributed by atoms with Crippen molar-refractivity contribution in [2.75, 3.05) is 0 Å². The van der Waals surface area contributed by atoms with Crippen LogP contribution in [0.4, 0.5) is 0 Å². The smallest absolute Gasteiger partial charge is 0.124 e. The van der Waals surface area contributed by atoms with Gasteiger partial charge in [0.2, 0.25) is 0 Å². The molecule has 0 saturated heterocycles. The van der Waals surface area contributed by atoms with Crippen LogP contribution in [0, 0.1) is 0 Å². The van der Waals surface area contributed by atoms with E-state index in [0.29, 0.717) is 6.61 Å². The number of alkyl halides is 1. The number of benzene rings is 2. The summed E-state index contributed by atoms with van der Waals surface area (Å²) in [5, 5.41) is -0.188. The molecule has 4 heteroatoms. The number of ether oxygens (including phenoxy) is 1. The van der Waals surface area contributed by atoms with Crippen LogP contribution in [-0.2, 0) is 6.61 Å². The van der Waals surface area contributed by atoms with Gasteiger partial charge in [0.05, 0.1) is 5.38 Å². The Bertz CT molecular complexity index is 559. The molecule has 0 fully saturated rings. The number of hydrogen-bond donors (Lipinski definition) is 0. The van der Waals surface area contributed by atoms with Gasteiger partial charge in [0, 0.05) is 14.5 Å². The number of hydrogen-bond acceptors (Lipinski definition) is 1. The largest absolute Gasteiger partial charge is 0.489 e. The average Bonchev–Trinajstić information content (AvgIpc) is 2.49. The third-order valence-corrected chi connectivity index (χ3v) is 4.47. The van der Waals surface area contributed by atoms with Crippen molar-refractivity contribution in [1.29, 1.82) is 0 Å². The normalized spacial score (nSPS) is 17.4. The Labute approximate surface area is 127 Å². The van der Waals surface area contributed by atoms with E-state index in [1.54, 1.807) is 0 Å². The second-order valence-electron chi connectivity index (χ2n) is 4.18. The van der Waals surface area contributed by atoms with Crippen LogP contribution in [0.1, 0.15) is 22.1 Å². The third-order valence-electron chi connectivity index (χ3n) is 3.01. The van der Waals surface area contributed by atoms with Gasteiger partial charge in [0.25, 0.3) is 0 Å². The number of fused-ring (bicyclic) bond motifs is 2. The first-order chi connectivity index (χ1) is 8.65. The van der Waals surface area contributed by atoms with Gasteiger partial charge in [-0.05, 0) is 41.5 Å². The maximum Gasteiger partial charge on any atom is 0.124 e. The molecule has 0 N–H and O–H groups in total. The SMILES string of the molecule is ClC1c2cc(Br)ccc2COc2ccc(Br)cc21. The molecule has 0 aromatic heterocycles. The summed E-state index contributed by atoms with van der Waals surface area (Å²) in [5.41, 5.74) is 3.23. The van der Waals surface area contributed by atoms with Crippen LogP contribution in [0.15, 0.2) is 45.3 Å². The quantitative estimate of drug-likeness (QED) is 0.547. The molecule has 0 saturated carbocycles. The molecule has 1 atom stereocenters. The second-order valence-corrected chi connectivity index (χ2v) is 6.44. The second kappa shape index (κ2) is 4.87. The molecule has 1 heterocycles. The van der Waals surface area contributed by atoms with Crippen LogP contribution in [-0.4, -0.2) is 0 Å². The van der Waals surface area contributed by atoms with E-state index in [9.17, 15) is 0 Å². The molecule has 92 valence electrons. The van der Waals surface area contributed by atoms with Gasteiger partial charge in [0.1, 0.15) is 12.4 Å². The van der Waals surface area contributed by atoms with Crippen LogP contribution in [0.25, 0.3) is 0 Å². The highest BCUT2D eigenvalue weighted by atomic mass is 79.9. The molecule has 18 heavy (non-hydrogen) atoms. The standard InChI is InChI=1S/C14H9Br2ClO/c15-9-2-1-8-7-18-13-4-3-10(16)6-12(13)14(17)11(8)5-9/h1-6,14H,7H2. The predicted molar refractivity (Wildman–Crippen MR) is 80.3 cm³/mol. The molecule has 1 aliphatic rings. The topological polar surface area (TPSA) is 9.23 Å². The zero-order chi connectivity index (χ0) is 12.7. The van der Waals surface area contributed by atoms with E-state index >= 15 is 0 Å². The van der Waals surface area contributed by atoms with Gasteiger partial charge in [-0.15, -0.1) is 11.6 Å². The lowest BCUT2D eigenvalue weighted by Gasteiger charge is -2.12. The van der Waals surface area contributed by atoms with E-state index in [1.807, 2.05) is 24.3 Å². The van der Waals surface area contributed by atoms with E-state index in [2.05, 4.69) is 44.0 Å². The van der Waals surface area contributed by atoms with Gasteiger partial charge in [-0.2, -0.15) is 0 Å². The van der Waals surface area contributed by atoms with Crippen LogP contribution in [0.3, 0.4) is 0 Å². The Morgan fingerprint density at radius 3 is 2.44 bits per heavy atom. The van der Waals surface area contributed by atoms with Gasteiger partial charge in [-0.3, -0.25) is 0 Å². The van der Waals surface area contributed by atoms with E-state index < -0.39 is 0 Å². The third kappa shape index (κ3) is 2.20. The highest BCUT2D eigenvalue weighted by Crippen LogP contribution is 2.41. The first-order valence-electron chi connectivity index (χ1n) is 5.50. The summed E-state index contributed by atoms with van der Waals surface area (Å²) in [4.78, 5) is 0. The molecular formula is C14H9Br2ClO. The fourth-order valence-corrected chi connectivity index (χ4v) is 3.24. The van der Waals surface area contributed by atoms with Crippen molar-refractivity contribution in [3.05, 3.63) is 62.0 Å². The molecule has 1 aliphatic heterocycles. The molecule has 0 amide bonds. The molecule has 2 aromatic carbocycles. The fraction of sp³-hybridized carbons (Fsp3) is 0.143. The Morgan fingerprint density at radius 2 is 1.67 bits per heavy atom. The van der Waals surface area contributed by atoms with E-state index in [0.717, 1.165) is 31.4 Å². The fourth-order valence-electron chi connectivity index (χ4n) is 2.11. The minimum absolute atomic E-state index is 0.188. The monoisotopic (exact) mass is 386 g/mol. The summed E-state index contributed by atoms with van der Waals surface area (Å²) in [6.07, 6.45) is 0. The minimum Gasteiger partial charge on any atom is -0.489 e. The van der Waals surface area contributed by atoms with E-state index in [4.69, 9.17) is 16.3 Å². The first kappa shape index (κ1) is 12.5. The Morgan fingerprint density at radius 1 is 1.00 bits per heavy atom. The van der Waals surface area contributed by atoms with E-state index in [1.165, 1.54) is 0 Å². The van der Waals surface area contributed by atoms with Crippen LogP contribution in [0.5, 0.6) is 5.75 Å². The van der Waals surface area contributed by atoms with Crippen LogP contribution in [0.2, 0.25) is 0 Å². The molecule has 0 radical (unpaired) electrons. The number of halogens is 3. The summed E-state index contributed by atoms with van der Waals surface area (Å²) in [6.45, 7) is 0.556. The molecule has 1 nitrogen and oxygen atoms in total. The van der Waals surface area contributed by atoms with Crippen molar-refractivity contribution in [2.45, 2.75) is 12.0 Å². The zero-order valence-electron chi connectivity index (χ0n) is 9.29. The lowest BCUT2D eigenvalue weighted by Crippen LogP contribution is -1.96. The first-order valence-corrected chi connectivity index (χ1v) is 7.52. The van der Waals surface area contributed by atoms with E-state index in [-0.39, 0.29) is 5.38 Å². The Kier molecular flexibility index (Phi) is 3.39. The summed E-state index contributed by atoms with van der Waals surface area (Å²) in [7, 11) is 0. The molecule has 0 aliphatic carbocycles.